The third-order valence-corrected chi connectivity index (χ3v) is 1.48. The molecule has 0 saturated heterocycles. The van der Waals surface area contributed by atoms with Crippen molar-refractivity contribution in [2.24, 2.45) is 0 Å². The minimum Gasteiger partial charge on any atom is -0.386 e. The van der Waals surface area contributed by atoms with E-state index in [-0.39, 0.29) is 24.4 Å². The van der Waals surface area contributed by atoms with Gasteiger partial charge in [-0.2, -0.15) is 15.0 Å². The van der Waals surface area contributed by atoms with E-state index in [9.17, 15) is 0 Å². The molecule has 9 nitrogen and oxygen atoms in total. The summed E-state index contributed by atoms with van der Waals surface area (Å²) in [4.78, 5) is 10.8. The summed E-state index contributed by atoms with van der Waals surface area (Å²) in [5, 5.41) is 28.7. The topological polar surface area (TPSA) is 163 Å². The van der Waals surface area contributed by atoms with Crippen LogP contribution in [0.3, 0.4) is 0 Å². The second-order valence-electron chi connectivity index (χ2n) is 2.74. The number of hydrogen-bond donors (Lipinski definition) is 6. The fourth-order valence-electron chi connectivity index (χ4n) is 0.790. The van der Waals surface area contributed by atoms with Gasteiger partial charge in [-0.25, -0.2) is 0 Å². The van der Waals surface area contributed by atoms with Crippen molar-refractivity contribution in [3.63, 3.8) is 0 Å². The predicted octanol–water partition coefficient (Wildman–Crippen LogP) is -2.88. The number of nitrogens with one attached hydrogen (secondary N) is 1. The Kier molecular flexibility index (Phi) is 3.55. The van der Waals surface area contributed by atoms with Gasteiger partial charge in [0.25, 0.3) is 0 Å². The molecular weight excluding hydrogens is 204 g/mol. The Hall–Kier alpha value is -1.71. The third-order valence-electron chi connectivity index (χ3n) is 1.48. The molecular formula is C6H12N6O3. The van der Waals surface area contributed by atoms with Crippen molar-refractivity contribution < 1.29 is 15.3 Å². The van der Waals surface area contributed by atoms with Crippen LogP contribution in [0.5, 0.6) is 0 Å². The summed E-state index contributed by atoms with van der Waals surface area (Å²) in [7, 11) is 0. The van der Waals surface area contributed by atoms with Crippen molar-refractivity contribution in [3.8, 4) is 0 Å². The first kappa shape index (κ1) is 11.4. The van der Waals surface area contributed by atoms with E-state index in [1.807, 2.05) is 0 Å². The maximum atomic E-state index is 9.03. The Morgan fingerprint density at radius 2 is 1.60 bits per heavy atom. The third kappa shape index (κ3) is 3.50. The number of anilines is 3. The SMILES string of the molecule is Nc1nc(N)nc(NCC(O)C(O)O)n1. The van der Waals surface area contributed by atoms with Gasteiger partial charge >= 0.3 is 0 Å². The Balaban J connectivity index is 2.57. The van der Waals surface area contributed by atoms with E-state index in [0.29, 0.717) is 0 Å². The molecule has 0 fully saturated rings. The van der Waals surface area contributed by atoms with Crippen LogP contribution >= 0.6 is 0 Å². The number of nitrogen functional groups attached to an aromatic ring is 2. The minimum absolute atomic E-state index is 0.0553. The molecule has 1 aromatic heterocycles. The molecule has 15 heavy (non-hydrogen) atoms. The molecule has 84 valence electrons. The number of rotatable bonds is 4. The molecule has 9 heteroatoms. The number of aromatic nitrogens is 3. The zero-order valence-electron chi connectivity index (χ0n) is 7.70. The maximum absolute atomic E-state index is 9.03. The number of aliphatic hydroxyl groups excluding tert-OH is 2. The van der Waals surface area contributed by atoms with Crippen LogP contribution in [0.1, 0.15) is 0 Å². The molecule has 0 aromatic carbocycles. The van der Waals surface area contributed by atoms with Crippen LogP contribution in [-0.4, -0.2) is 49.2 Å². The Labute approximate surface area is 84.8 Å². The van der Waals surface area contributed by atoms with Crippen molar-refractivity contribution in [1.82, 2.24) is 15.0 Å². The second kappa shape index (κ2) is 4.68. The summed E-state index contributed by atoms with van der Waals surface area (Å²) in [6.07, 6.45) is -3.20. The fraction of sp³-hybridized carbons (Fsp3) is 0.500. The van der Waals surface area contributed by atoms with Crippen LogP contribution in [0.4, 0.5) is 17.8 Å². The summed E-state index contributed by atoms with van der Waals surface area (Å²) in [5.74, 6) is -0.0761. The highest BCUT2D eigenvalue weighted by Gasteiger charge is 2.12. The molecule has 0 amide bonds. The van der Waals surface area contributed by atoms with E-state index in [0.717, 1.165) is 0 Å². The Morgan fingerprint density at radius 3 is 2.07 bits per heavy atom. The number of nitrogens with two attached hydrogens (primary N) is 2. The second-order valence-corrected chi connectivity index (χ2v) is 2.74. The smallest absolute Gasteiger partial charge is 0.229 e. The highest BCUT2D eigenvalue weighted by Crippen LogP contribution is 2.03. The summed E-state index contributed by atoms with van der Waals surface area (Å²) in [6, 6.07) is 0. The molecule has 1 rings (SSSR count). The molecule has 8 N–H and O–H groups in total. The number of nitrogens with zero attached hydrogens (tertiary/aromatic N) is 3. The minimum atomic E-state index is -1.84. The van der Waals surface area contributed by atoms with Crippen molar-refractivity contribution >= 4 is 17.8 Å². The molecule has 0 aliphatic rings. The Bertz CT molecular complexity index is 312. The highest BCUT2D eigenvalue weighted by atomic mass is 16.5. The van der Waals surface area contributed by atoms with Crippen LogP contribution in [0.15, 0.2) is 0 Å². The molecule has 0 bridgehead atoms. The van der Waals surface area contributed by atoms with Gasteiger partial charge in [-0.05, 0) is 0 Å². The lowest BCUT2D eigenvalue weighted by Gasteiger charge is -2.13. The van der Waals surface area contributed by atoms with Gasteiger partial charge in [0.15, 0.2) is 6.29 Å². The van der Waals surface area contributed by atoms with Gasteiger partial charge in [0.05, 0.1) is 0 Å². The fourth-order valence-corrected chi connectivity index (χ4v) is 0.790. The van der Waals surface area contributed by atoms with Crippen LogP contribution in [0.25, 0.3) is 0 Å². The molecule has 1 aromatic rings. The standard InChI is InChI=1S/C6H12N6O3/c7-4-10-5(8)12-6(11-4)9-1-2(13)3(14)15/h2-3,13-15H,1H2,(H5,7,8,9,10,11,12). The molecule has 1 atom stereocenters. The molecule has 0 aliphatic heterocycles. The van der Waals surface area contributed by atoms with Crippen molar-refractivity contribution in [3.05, 3.63) is 0 Å². The monoisotopic (exact) mass is 216 g/mol. The first-order valence-corrected chi connectivity index (χ1v) is 4.04. The summed E-state index contributed by atoms with van der Waals surface area (Å²) < 4.78 is 0. The van der Waals surface area contributed by atoms with Crippen LogP contribution < -0.4 is 16.8 Å². The van der Waals surface area contributed by atoms with E-state index < -0.39 is 12.4 Å². The first-order valence-electron chi connectivity index (χ1n) is 4.04. The average Bonchev–Trinajstić information content (AvgIpc) is 2.12. The van der Waals surface area contributed by atoms with Gasteiger partial charge in [0.2, 0.25) is 17.8 Å². The molecule has 0 aliphatic carbocycles. The zero-order valence-corrected chi connectivity index (χ0v) is 7.70. The van der Waals surface area contributed by atoms with E-state index in [4.69, 9.17) is 26.8 Å². The normalized spacial score (nSPS) is 12.8. The molecule has 0 radical (unpaired) electrons. The predicted molar refractivity (Wildman–Crippen MR) is 51.4 cm³/mol. The number of hydrogen-bond acceptors (Lipinski definition) is 9. The van der Waals surface area contributed by atoms with E-state index in [1.54, 1.807) is 0 Å². The van der Waals surface area contributed by atoms with Crippen LogP contribution in [0.2, 0.25) is 0 Å². The average molecular weight is 216 g/mol. The van der Waals surface area contributed by atoms with Crippen LogP contribution in [-0.2, 0) is 0 Å². The van der Waals surface area contributed by atoms with Gasteiger partial charge in [-0.1, -0.05) is 0 Å². The molecule has 0 spiro atoms. The zero-order chi connectivity index (χ0) is 11.4. The lowest BCUT2D eigenvalue weighted by atomic mass is 10.3. The van der Waals surface area contributed by atoms with Crippen molar-refractivity contribution in [1.29, 1.82) is 0 Å². The van der Waals surface area contributed by atoms with Gasteiger partial charge in [0, 0.05) is 6.54 Å². The van der Waals surface area contributed by atoms with Crippen molar-refractivity contribution in [2.45, 2.75) is 12.4 Å². The maximum Gasteiger partial charge on any atom is 0.229 e. The Morgan fingerprint density at radius 1 is 1.07 bits per heavy atom. The van der Waals surface area contributed by atoms with Gasteiger partial charge < -0.3 is 32.1 Å². The molecule has 0 saturated carbocycles. The van der Waals surface area contributed by atoms with E-state index in [1.165, 1.54) is 0 Å². The van der Waals surface area contributed by atoms with E-state index >= 15 is 0 Å². The summed E-state index contributed by atoms with van der Waals surface area (Å²) in [5.41, 5.74) is 10.6. The highest BCUT2D eigenvalue weighted by molar-refractivity contribution is 5.37. The van der Waals surface area contributed by atoms with Gasteiger partial charge in [-0.3, -0.25) is 0 Å². The number of aliphatic hydroxyl groups is 3. The quantitative estimate of drug-likeness (QED) is 0.290. The lowest BCUT2D eigenvalue weighted by Crippen LogP contribution is -2.32. The largest absolute Gasteiger partial charge is 0.386 e. The lowest BCUT2D eigenvalue weighted by molar-refractivity contribution is -0.116. The summed E-state index contributed by atoms with van der Waals surface area (Å²) >= 11 is 0. The van der Waals surface area contributed by atoms with Gasteiger partial charge in [-0.15, -0.1) is 0 Å². The van der Waals surface area contributed by atoms with Gasteiger partial charge in [0.1, 0.15) is 6.10 Å². The molecule has 1 heterocycles. The first-order chi connectivity index (χ1) is 6.99. The summed E-state index contributed by atoms with van der Waals surface area (Å²) in [6.45, 7) is -0.152. The van der Waals surface area contributed by atoms with Crippen LogP contribution in [0, 0.1) is 0 Å². The molecule has 1 unspecified atom stereocenters. The van der Waals surface area contributed by atoms with E-state index in [2.05, 4.69) is 20.3 Å². The van der Waals surface area contributed by atoms with Crippen molar-refractivity contribution in [2.75, 3.05) is 23.3 Å².